The number of para-hydroxylation sites is 1. The van der Waals surface area contributed by atoms with Gasteiger partial charge in [0.1, 0.15) is 16.9 Å². The molecule has 3 aromatic heterocycles. The van der Waals surface area contributed by atoms with Crippen LogP contribution in [0.25, 0.3) is 16.7 Å². The number of amides is 1. The van der Waals surface area contributed by atoms with Gasteiger partial charge in [-0.25, -0.2) is 4.98 Å². The molecule has 0 saturated carbocycles. The molecule has 0 spiro atoms. The van der Waals surface area contributed by atoms with Crippen LogP contribution in [0.2, 0.25) is 0 Å². The highest BCUT2D eigenvalue weighted by Gasteiger charge is 2.20. The molecule has 1 aliphatic rings. The molecule has 1 aromatic carbocycles. The highest BCUT2D eigenvalue weighted by atomic mass is 16.1. The number of aromatic nitrogens is 4. The van der Waals surface area contributed by atoms with Crippen LogP contribution in [0.5, 0.6) is 0 Å². The number of piperidine rings is 1. The number of hydrogen-bond donors (Lipinski definition) is 1. The van der Waals surface area contributed by atoms with Crippen molar-refractivity contribution in [1.82, 2.24) is 24.3 Å². The van der Waals surface area contributed by atoms with Crippen LogP contribution >= 0.6 is 0 Å². The molecule has 1 aliphatic heterocycles. The second-order valence-corrected chi connectivity index (χ2v) is 7.60. The third-order valence-electron chi connectivity index (χ3n) is 5.70. The standard InChI is InChI=1S/C22H22N6O/c1-27-11-7-15(8-12-27)16-5-6-20-25-13-19(28(20)14-16)22(29)26-18-4-2-3-17-21(18)24-10-9-23-17/h2-6,9-10,13-15H,7-8,11-12H2,1H3,(H,26,29). The first kappa shape index (κ1) is 17.8. The number of hydrogen-bond acceptors (Lipinski definition) is 5. The third kappa shape index (κ3) is 3.34. The molecule has 0 bridgehead atoms. The monoisotopic (exact) mass is 386 g/mol. The minimum atomic E-state index is -0.212. The molecule has 0 atom stereocenters. The van der Waals surface area contributed by atoms with Crippen LogP contribution < -0.4 is 5.32 Å². The topological polar surface area (TPSA) is 75.4 Å². The molecule has 0 unspecified atom stereocenters. The zero-order valence-corrected chi connectivity index (χ0v) is 16.2. The van der Waals surface area contributed by atoms with Gasteiger partial charge in [0.25, 0.3) is 5.91 Å². The Bertz CT molecular complexity index is 1190. The Balaban J connectivity index is 1.46. The Kier molecular flexibility index (Phi) is 4.44. The maximum Gasteiger partial charge on any atom is 0.274 e. The smallest absolute Gasteiger partial charge is 0.274 e. The Morgan fingerprint density at radius 2 is 1.90 bits per heavy atom. The molecule has 146 valence electrons. The van der Waals surface area contributed by atoms with E-state index in [2.05, 4.69) is 44.5 Å². The van der Waals surface area contributed by atoms with Gasteiger partial charge in [-0.05, 0) is 62.7 Å². The number of benzene rings is 1. The van der Waals surface area contributed by atoms with Gasteiger partial charge in [-0.3, -0.25) is 19.2 Å². The number of nitrogens with one attached hydrogen (secondary N) is 1. The van der Waals surface area contributed by atoms with Crippen molar-refractivity contribution in [3.05, 3.63) is 66.4 Å². The summed E-state index contributed by atoms with van der Waals surface area (Å²) in [5.74, 6) is 0.304. The van der Waals surface area contributed by atoms with Gasteiger partial charge in [0.05, 0.1) is 17.4 Å². The third-order valence-corrected chi connectivity index (χ3v) is 5.70. The average Bonchev–Trinajstić information content (AvgIpc) is 3.18. The van der Waals surface area contributed by atoms with E-state index in [4.69, 9.17) is 0 Å². The van der Waals surface area contributed by atoms with Crippen molar-refractivity contribution in [3.8, 4) is 0 Å². The van der Waals surface area contributed by atoms with E-state index in [0.29, 0.717) is 22.8 Å². The van der Waals surface area contributed by atoms with Crippen LogP contribution in [-0.2, 0) is 0 Å². The fourth-order valence-electron chi connectivity index (χ4n) is 4.03. The van der Waals surface area contributed by atoms with Gasteiger partial charge in [-0.15, -0.1) is 0 Å². The maximum absolute atomic E-state index is 13.0. The van der Waals surface area contributed by atoms with Crippen molar-refractivity contribution >= 4 is 28.3 Å². The number of carbonyl (C=O) groups excluding carboxylic acids is 1. The van der Waals surface area contributed by atoms with Crippen LogP contribution in [0.3, 0.4) is 0 Å². The van der Waals surface area contributed by atoms with E-state index in [-0.39, 0.29) is 5.91 Å². The Morgan fingerprint density at radius 3 is 2.76 bits per heavy atom. The molecule has 7 heteroatoms. The highest BCUT2D eigenvalue weighted by molar-refractivity contribution is 6.07. The summed E-state index contributed by atoms with van der Waals surface area (Å²) < 4.78 is 1.89. The summed E-state index contributed by atoms with van der Waals surface area (Å²) >= 11 is 0. The first-order chi connectivity index (χ1) is 14.2. The van der Waals surface area contributed by atoms with Crippen molar-refractivity contribution in [2.75, 3.05) is 25.5 Å². The maximum atomic E-state index is 13.0. The minimum absolute atomic E-state index is 0.212. The molecule has 0 aliphatic carbocycles. The summed E-state index contributed by atoms with van der Waals surface area (Å²) in [5, 5.41) is 2.98. The summed E-state index contributed by atoms with van der Waals surface area (Å²) in [5.41, 5.74) is 4.59. The number of likely N-dealkylation sites (tertiary alicyclic amines) is 1. The summed E-state index contributed by atoms with van der Waals surface area (Å²) in [6.07, 6.45) is 9.22. The molecule has 29 heavy (non-hydrogen) atoms. The van der Waals surface area contributed by atoms with E-state index in [9.17, 15) is 4.79 Å². The molecule has 5 rings (SSSR count). The van der Waals surface area contributed by atoms with Crippen LogP contribution in [0, 0.1) is 0 Å². The summed E-state index contributed by atoms with van der Waals surface area (Å²) in [6.45, 7) is 2.20. The van der Waals surface area contributed by atoms with Crippen LogP contribution in [0.1, 0.15) is 34.8 Å². The van der Waals surface area contributed by atoms with Crippen LogP contribution in [0.15, 0.2) is 55.1 Å². The number of nitrogens with zero attached hydrogens (tertiary/aromatic N) is 5. The number of carbonyl (C=O) groups is 1. The molecule has 4 aromatic rings. The zero-order valence-electron chi connectivity index (χ0n) is 16.2. The number of fused-ring (bicyclic) bond motifs is 2. The molecular formula is C22H22N6O. The Labute approximate surface area is 168 Å². The van der Waals surface area contributed by atoms with E-state index in [1.165, 1.54) is 5.56 Å². The quantitative estimate of drug-likeness (QED) is 0.584. The predicted molar refractivity (Wildman–Crippen MR) is 112 cm³/mol. The zero-order chi connectivity index (χ0) is 19.8. The lowest BCUT2D eigenvalue weighted by molar-refractivity contribution is 0.102. The second kappa shape index (κ2) is 7.25. The van der Waals surface area contributed by atoms with E-state index in [0.717, 1.165) is 37.1 Å². The SMILES string of the molecule is CN1CCC(c2ccc3ncc(C(=O)Nc4cccc5nccnc45)n3c2)CC1. The largest absolute Gasteiger partial charge is 0.319 e. The highest BCUT2D eigenvalue weighted by Crippen LogP contribution is 2.28. The minimum Gasteiger partial charge on any atom is -0.319 e. The molecule has 0 radical (unpaired) electrons. The second-order valence-electron chi connectivity index (χ2n) is 7.60. The summed E-state index contributed by atoms with van der Waals surface area (Å²) in [4.78, 5) is 28.5. The van der Waals surface area contributed by atoms with Gasteiger partial charge < -0.3 is 10.2 Å². The van der Waals surface area contributed by atoms with Crippen molar-refractivity contribution < 1.29 is 4.79 Å². The van der Waals surface area contributed by atoms with Gasteiger partial charge in [0.15, 0.2) is 0 Å². The predicted octanol–water partition coefficient (Wildman–Crippen LogP) is 3.34. The summed E-state index contributed by atoms with van der Waals surface area (Å²) in [6, 6.07) is 9.70. The molecule has 1 amide bonds. The number of imidazole rings is 1. The van der Waals surface area contributed by atoms with Gasteiger partial charge >= 0.3 is 0 Å². The first-order valence-electron chi connectivity index (χ1n) is 9.86. The lowest BCUT2D eigenvalue weighted by Gasteiger charge is -2.29. The van der Waals surface area contributed by atoms with Crippen molar-refractivity contribution in [3.63, 3.8) is 0 Å². The summed E-state index contributed by atoms with van der Waals surface area (Å²) in [7, 11) is 2.16. The molecule has 1 saturated heterocycles. The lowest BCUT2D eigenvalue weighted by atomic mass is 9.91. The molecule has 7 nitrogen and oxygen atoms in total. The first-order valence-corrected chi connectivity index (χ1v) is 9.86. The van der Waals surface area contributed by atoms with Crippen molar-refractivity contribution in [2.45, 2.75) is 18.8 Å². The van der Waals surface area contributed by atoms with Gasteiger partial charge in [-0.2, -0.15) is 0 Å². The molecular weight excluding hydrogens is 364 g/mol. The van der Waals surface area contributed by atoms with E-state index in [1.54, 1.807) is 18.6 Å². The lowest BCUT2D eigenvalue weighted by Crippen LogP contribution is -2.29. The fourth-order valence-corrected chi connectivity index (χ4v) is 4.03. The van der Waals surface area contributed by atoms with Crippen molar-refractivity contribution in [2.24, 2.45) is 0 Å². The van der Waals surface area contributed by atoms with Gasteiger partial charge in [0.2, 0.25) is 0 Å². The van der Waals surface area contributed by atoms with Crippen molar-refractivity contribution in [1.29, 1.82) is 0 Å². The Morgan fingerprint density at radius 1 is 1.07 bits per heavy atom. The molecule has 4 heterocycles. The van der Waals surface area contributed by atoms with E-state index >= 15 is 0 Å². The van der Waals surface area contributed by atoms with Gasteiger partial charge in [-0.1, -0.05) is 12.1 Å². The van der Waals surface area contributed by atoms with E-state index < -0.39 is 0 Å². The molecule has 1 fully saturated rings. The number of rotatable bonds is 3. The average molecular weight is 386 g/mol. The van der Waals surface area contributed by atoms with E-state index in [1.807, 2.05) is 28.7 Å². The molecule has 1 N–H and O–H groups in total. The van der Waals surface area contributed by atoms with Crippen LogP contribution in [0.4, 0.5) is 5.69 Å². The fraction of sp³-hybridized carbons (Fsp3) is 0.273. The number of anilines is 1. The van der Waals surface area contributed by atoms with Gasteiger partial charge in [0, 0.05) is 18.6 Å². The Hall–Kier alpha value is -3.32. The van der Waals surface area contributed by atoms with Crippen LogP contribution in [-0.4, -0.2) is 50.3 Å². The normalized spacial score (nSPS) is 15.8. The number of pyridine rings is 1.